The van der Waals surface area contributed by atoms with Gasteiger partial charge in [-0.3, -0.25) is 0 Å². The number of hydrogen-bond acceptors (Lipinski definition) is 3. The van der Waals surface area contributed by atoms with Gasteiger partial charge in [0.2, 0.25) is 0 Å². The number of hydrogen-bond donors (Lipinski definition) is 1. The summed E-state index contributed by atoms with van der Waals surface area (Å²) in [7, 11) is 0. The molecule has 0 unspecified atom stereocenters. The number of carboxylic acid groups (broad SMARTS) is 1. The van der Waals surface area contributed by atoms with Gasteiger partial charge in [-0.1, -0.05) is 29.8 Å². The number of nitrogens with zero attached hydrogens (tertiary/aromatic N) is 1. The summed E-state index contributed by atoms with van der Waals surface area (Å²) in [6, 6.07) is 11.7. The van der Waals surface area contributed by atoms with Crippen LogP contribution in [0.25, 0.3) is 0 Å². The lowest BCUT2D eigenvalue weighted by molar-refractivity contribution is 0.0690. The minimum absolute atomic E-state index is 0.0873. The van der Waals surface area contributed by atoms with Crippen molar-refractivity contribution in [3.05, 3.63) is 59.4 Å². The van der Waals surface area contributed by atoms with Gasteiger partial charge < -0.3 is 5.11 Å². The van der Waals surface area contributed by atoms with Gasteiger partial charge in [-0.15, -0.1) is 11.8 Å². The second-order valence-corrected chi connectivity index (χ2v) is 5.01. The molecule has 0 aliphatic heterocycles. The van der Waals surface area contributed by atoms with E-state index in [-0.39, 0.29) is 5.69 Å². The molecule has 2 aromatic rings. The standard InChI is InChI=1S/C14H13NO2S/c1-10-3-2-4-11(7-10)9-18-12-5-6-15-13(8-12)14(16)17/h2-8H,9H2,1H3,(H,16,17). The third-order valence-electron chi connectivity index (χ3n) is 2.44. The van der Waals surface area contributed by atoms with Crippen molar-refractivity contribution < 1.29 is 9.90 Å². The molecule has 1 aromatic carbocycles. The molecular formula is C14H13NO2S. The highest BCUT2D eigenvalue weighted by molar-refractivity contribution is 7.98. The third kappa shape index (κ3) is 3.34. The maximum atomic E-state index is 10.8. The molecule has 3 nitrogen and oxygen atoms in total. The van der Waals surface area contributed by atoms with Gasteiger partial charge >= 0.3 is 5.97 Å². The third-order valence-corrected chi connectivity index (χ3v) is 3.50. The highest BCUT2D eigenvalue weighted by atomic mass is 32.2. The summed E-state index contributed by atoms with van der Waals surface area (Å²) in [6.07, 6.45) is 1.53. The minimum atomic E-state index is -0.993. The van der Waals surface area contributed by atoms with Gasteiger partial charge in [0.15, 0.2) is 0 Å². The number of thioether (sulfide) groups is 1. The predicted molar refractivity (Wildman–Crippen MR) is 71.9 cm³/mol. The summed E-state index contributed by atoms with van der Waals surface area (Å²) >= 11 is 1.61. The van der Waals surface area contributed by atoms with Crippen LogP contribution < -0.4 is 0 Å². The Balaban J connectivity index is 2.06. The highest BCUT2D eigenvalue weighted by Crippen LogP contribution is 2.23. The van der Waals surface area contributed by atoms with Gasteiger partial charge in [0.25, 0.3) is 0 Å². The van der Waals surface area contributed by atoms with Crippen LogP contribution in [0.4, 0.5) is 0 Å². The van der Waals surface area contributed by atoms with Crippen molar-refractivity contribution in [2.24, 2.45) is 0 Å². The van der Waals surface area contributed by atoms with Crippen LogP contribution in [0.2, 0.25) is 0 Å². The van der Waals surface area contributed by atoms with E-state index >= 15 is 0 Å². The molecule has 0 radical (unpaired) electrons. The Morgan fingerprint density at radius 1 is 1.33 bits per heavy atom. The Hall–Kier alpha value is -1.81. The van der Waals surface area contributed by atoms with E-state index in [4.69, 9.17) is 5.11 Å². The van der Waals surface area contributed by atoms with Crippen LogP contribution in [0, 0.1) is 6.92 Å². The summed E-state index contributed by atoms with van der Waals surface area (Å²) in [5.41, 5.74) is 2.55. The van der Waals surface area contributed by atoms with Crippen molar-refractivity contribution in [3.63, 3.8) is 0 Å². The minimum Gasteiger partial charge on any atom is -0.477 e. The van der Waals surface area contributed by atoms with E-state index in [0.29, 0.717) is 0 Å². The molecule has 2 rings (SSSR count). The summed E-state index contributed by atoms with van der Waals surface area (Å²) in [5, 5.41) is 8.86. The van der Waals surface area contributed by atoms with Crippen LogP contribution in [-0.4, -0.2) is 16.1 Å². The first-order valence-corrected chi connectivity index (χ1v) is 6.51. The molecule has 0 bridgehead atoms. The van der Waals surface area contributed by atoms with Gasteiger partial charge in [-0.2, -0.15) is 0 Å². The van der Waals surface area contributed by atoms with Crippen LogP contribution in [0.3, 0.4) is 0 Å². The molecule has 0 aliphatic carbocycles. The quantitative estimate of drug-likeness (QED) is 0.855. The number of aromatic nitrogens is 1. The average molecular weight is 259 g/mol. The van der Waals surface area contributed by atoms with Crippen molar-refractivity contribution >= 4 is 17.7 Å². The first-order valence-electron chi connectivity index (χ1n) is 5.53. The van der Waals surface area contributed by atoms with E-state index in [1.807, 2.05) is 12.1 Å². The average Bonchev–Trinajstić information content (AvgIpc) is 2.37. The fourth-order valence-electron chi connectivity index (χ4n) is 1.59. The first kappa shape index (κ1) is 12.6. The molecule has 0 amide bonds. The van der Waals surface area contributed by atoms with E-state index in [0.717, 1.165) is 10.6 Å². The van der Waals surface area contributed by atoms with Crippen molar-refractivity contribution in [2.75, 3.05) is 0 Å². The molecule has 0 saturated heterocycles. The lowest BCUT2D eigenvalue weighted by Gasteiger charge is -2.03. The Morgan fingerprint density at radius 3 is 2.89 bits per heavy atom. The van der Waals surface area contributed by atoms with E-state index in [2.05, 4.69) is 30.1 Å². The molecule has 18 heavy (non-hydrogen) atoms. The molecule has 1 N–H and O–H groups in total. The molecule has 0 fully saturated rings. The van der Waals surface area contributed by atoms with Gasteiger partial charge in [-0.05, 0) is 24.6 Å². The number of carboxylic acids is 1. The summed E-state index contributed by atoms with van der Waals surface area (Å²) in [6.45, 7) is 2.06. The normalized spacial score (nSPS) is 10.3. The number of aromatic carboxylic acids is 1. The molecule has 1 aromatic heterocycles. The molecule has 1 heterocycles. The molecule has 92 valence electrons. The summed E-state index contributed by atoms with van der Waals surface area (Å²) in [5.74, 6) is -0.168. The molecule has 4 heteroatoms. The molecule has 0 spiro atoms. The molecule has 0 saturated carbocycles. The van der Waals surface area contributed by atoms with Crippen LogP contribution in [0.15, 0.2) is 47.5 Å². The van der Waals surface area contributed by atoms with Crippen LogP contribution in [0.1, 0.15) is 21.6 Å². The molecule has 0 atom stereocenters. The summed E-state index contributed by atoms with van der Waals surface area (Å²) in [4.78, 5) is 15.5. The first-order chi connectivity index (χ1) is 8.65. The number of rotatable bonds is 4. The lowest BCUT2D eigenvalue weighted by atomic mass is 10.2. The van der Waals surface area contributed by atoms with E-state index in [1.165, 1.54) is 17.3 Å². The second kappa shape index (κ2) is 5.69. The van der Waals surface area contributed by atoms with Crippen molar-refractivity contribution in [3.8, 4) is 0 Å². The van der Waals surface area contributed by atoms with Crippen molar-refractivity contribution in [2.45, 2.75) is 17.6 Å². The highest BCUT2D eigenvalue weighted by Gasteiger charge is 2.05. The number of benzene rings is 1. The number of pyridine rings is 1. The monoisotopic (exact) mass is 259 g/mol. The van der Waals surface area contributed by atoms with Crippen molar-refractivity contribution in [1.29, 1.82) is 0 Å². The smallest absolute Gasteiger partial charge is 0.354 e. The zero-order valence-corrected chi connectivity index (χ0v) is 10.8. The lowest BCUT2D eigenvalue weighted by Crippen LogP contribution is -1.99. The zero-order chi connectivity index (χ0) is 13.0. The Kier molecular flexibility index (Phi) is 3.99. The Bertz CT molecular complexity index is 569. The SMILES string of the molecule is Cc1cccc(CSc2ccnc(C(=O)O)c2)c1. The summed E-state index contributed by atoms with van der Waals surface area (Å²) < 4.78 is 0. The fourth-order valence-corrected chi connectivity index (χ4v) is 2.45. The van der Waals surface area contributed by atoms with Gasteiger partial charge in [0, 0.05) is 16.8 Å². The number of carbonyl (C=O) groups is 1. The predicted octanol–water partition coefficient (Wildman–Crippen LogP) is 3.38. The Morgan fingerprint density at radius 2 is 2.17 bits per heavy atom. The molecule has 0 aliphatic rings. The fraction of sp³-hybridized carbons (Fsp3) is 0.143. The molecular weight excluding hydrogens is 246 g/mol. The maximum absolute atomic E-state index is 10.8. The van der Waals surface area contributed by atoms with Gasteiger partial charge in [0.05, 0.1) is 0 Å². The van der Waals surface area contributed by atoms with Crippen LogP contribution >= 0.6 is 11.8 Å². The van der Waals surface area contributed by atoms with Crippen LogP contribution in [0.5, 0.6) is 0 Å². The second-order valence-electron chi connectivity index (χ2n) is 3.96. The maximum Gasteiger partial charge on any atom is 0.354 e. The number of aryl methyl sites for hydroxylation is 1. The van der Waals surface area contributed by atoms with E-state index < -0.39 is 5.97 Å². The topological polar surface area (TPSA) is 50.2 Å². The van der Waals surface area contributed by atoms with Crippen LogP contribution in [-0.2, 0) is 5.75 Å². The largest absolute Gasteiger partial charge is 0.477 e. The zero-order valence-electron chi connectivity index (χ0n) is 9.96. The van der Waals surface area contributed by atoms with Crippen molar-refractivity contribution in [1.82, 2.24) is 4.98 Å². The van der Waals surface area contributed by atoms with Gasteiger partial charge in [-0.25, -0.2) is 9.78 Å². The van der Waals surface area contributed by atoms with Gasteiger partial charge in [0.1, 0.15) is 5.69 Å². The van der Waals surface area contributed by atoms with E-state index in [9.17, 15) is 4.79 Å². The Labute approximate surface area is 110 Å². The van der Waals surface area contributed by atoms with E-state index in [1.54, 1.807) is 17.8 Å².